The molecular formula is C21H36BN3O4. The van der Waals surface area contributed by atoms with Crippen LogP contribution in [0, 0.1) is 23.2 Å². The van der Waals surface area contributed by atoms with Crippen LogP contribution in [0.1, 0.15) is 60.3 Å². The minimum atomic E-state index is -0.594. The van der Waals surface area contributed by atoms with Gasteiger partial charge in [0.1, 0.15) is 6.04 Å². The van der Waals surface area contributed by atoms with Crippen molar-refractivity contribution in [1.82, 2.24) is 10.2 Å². The van der Waals surface area contributed by atoms with Crippen molar-refractivity contribution >= 4 is 18.9 Å². The molecule has 2 saturated heterocycles. The lowest BCUT2D eigenvalue weighted by Gasteiger charge is -2.60. The smallest absolute Gasteiger partial charge is 0.404 e. The molecule has 5 aliphatic rings. The van der Waals surface area contributed by atoms with Crippen LogP contribution in [-0.4, -0.2) is 60.6 Å². The minimum absolute atomic E-state index is 0.123. The number of nitrogens with two attached hydrogens (primary N) is 1. The van der Waals surface area contributed by atoms with Crippen LogP contribution < -0.4 is 11.1 Å². The fraction of sp³-hybridized carbons (Fsp3) is 0.905. The molecule has 2 heterocycles. The molecule has 5 fully saturated rings. The van der Waals surface area contributed by atoms with Crippen LogP contribution in [0.5, 0.6) is 0 Å². The Hall–Kier alpha value is -1.12. The van der Waals surface area contributed by atoms with Gasteiger partial charge in [0.05, 0.1) is 24.2 Å². The molecule has 2 amide bonds. The Labute approximate surface area is 174 Å². The molecule has 2 bridgehead atoms. The van der Waals surface area contributed by atoms with Crippen molar-refractivity contribution in [2.45, 2.75) is 90.5 Å². The largest absolute Gasteiger partial charge is 0.481 e. The molecule has 3 saturated carbocycles. The average molecular weight is 405 g/mol. The summed E-state index contributed by atoms with van der Waals surface area (Å²) in [6.07, 6.45) is 4.02. The summed E-state index contributed by atoms with van der Waals surface area (Å²) in [6.45, 7) is 11.1. The summed E-state index contributed by atoms with van der Waals surface area (Å²) in [5.74, 6) is 0.882. The molecule has 2 unspecified atom stereocenters. The first-order chi connectivity index (χ1) is 13.6. The molecule has 0 aromatic carbocycles. The molecular weight excluding hydrogens is 369 g/mol. The second-order valence-corrected chi connectivity index (χ2v) is 10.5. The highest BCUT2D eigenvalue weighted by Crippen LogP contribution is 2.61. The summed E-state index contributed by atoms with van der Waals surface area (Å²) in [5, 5.41) is 3.16. The van der Waals surface area contributed by atoms with Gasteiger partial charge >= 0.3 is 7.12 Å². The number of nitrogens with one attached hydrogen (secondary N) is 1. The highest BCUT2D eigenvalue weighted by molar-refractivity contribution is 6.47. The predicted molar refractivity (Wildman–Crippen MR) is 111 cm³/mol. The Balaban J connectivity index is 1.43. The first-order valence-electron chi connectivity index (χ1n) is 11.3. The van der Waals surface area contributed by atoms with Gasteiger partial charge in [0.25, 0.3) is 0 Å². The zero-order valence-electron chi connectivity index (χ0n) is 18.4. The number of amides is 2. The van der Waals surface area contributed by atoms with Gasteiger partial charge in [0.2, 0.25) is 11.8 Å². The van der Waals surface area contributed by atoms with Gasteiger partial charge in [-0.25, -0.2) is 0 Å². The third kappa shape index (κ3) is 3.51. The SMILES string of the molecule is CC(C)[C@H](NC(=O)[C@@H]1CCCN1C(=O)[C@H](C)N)B1O[C@@H]2CC3CC([C@@H]2O1)C3(C)C. The number of carbonyl (C=O) groups is 2. The Kier molecular flexibility index (Phi) is 5.49. The van der Waals surface area contributed by atoms with Gasteiger partial charge < -0.3 is 25.3 Å². The van der Waals surface area contributed by atoms with E-state index >= 15 is 0 Å². The second-order valence-electron chi connectivity index (χ2n) is 10.5. The molecule has 7 atom stereocenters. The van der Waals surface area contributed by atoms with Crippen molar-refractivity contribution in [1.29, 1.82) is 0 Å². The Morgan fingerprint density at radius 1 is 1.21 bits per heavy atom. The zero-order valence-corrected chi connectivity index (χ0v) is 18.4. The van der Waals surface area contributed by atoms with Crippen LogP contribution in [0.15, 0.2) is 0 Å². The third-order valence-corrected chi connectivity index (χ3v) is 7.97. The van der Waals surface area contributed by atoms with E-state index < -0.39 is 19.2 Å². The van der Waals surface area contributed by atoms with E-state index in [0.29, 0.717) is 30.2 Å². The summed E-state index contributed by atoms with van der Waals surface area (Å²) in [6, 6.07) is -1.05. The standard InChI is InChI=1S/C21H36BN3O4/c1-11(2)18(24-19(26)15-7-6-8-25(15)20(27)12(3)23)22-28-16-10-13-9-14(17(16)29-22)21(13,4)5/h11-18H,6-10,23H2,1-5H3,(H,24,26)/t12-,13?,14?,15-,16+,17-,18-/m0/s1. The fourth-order valence-electron chi connectivity index (χ4n) is 5.91. The Morgan fingerprint density at radius 2 is 1.93 bits per heavy atom. The topological polar surface area (TPSA) is 93.9 Å². The number of carbonyl (C=O) groups excluding carboxylic acids is 2. The van der Waals surface area contributed by atoms with Crippen molar-refractivity contribution in [3.63, 3.8) is 0 Å². The molecule has 8 heteroatoms. The molecule has 2 aliphatic heterocycles. The predicted octanol–water partition coefficient (Wildman–Crippen LogP) is 1.34. The number of hydrogen-bond donors (Lipinski definition) is 2. The second kappa shape index (κ2) is 7.54. The zero-order chi connectivity index (χ0) is 21.1. The van der Waals surface area contributed by atoms with Crippen LogP contribution in [0.4, 0.5) is 0 Å². The van der Waals surface area contributed by atoms with Gasteiger partial charge in [0.15, 0.2) is 0 Å². The molecule has 7 nitrogen and oxygen atoms in total. The van der Waals surface area contributed by atoms with Crippen molar-refractivity contribution in [2.24, 2.45) is 28.9 Å². The van der Waals surface area contributed by atoms with Gasteiger partial charge in [-0.2, -0.15) is 0 Å². The van der Waals surface area contributed by atoms with Gasteiger partial charge in [-0.1, -0.05) is 27.7 Å². The van der Waals surface area contributed by atoms with Crippen LogP contribution in [0.2, 0.25) is 0 Å². The van der Waals surface area contributed by atoms with Gasteiger partial charge in [-0.05, 0) is 55.8 Å². The lowest BCUT2D eigenvalue weighted by Crippen LogP contribution is -2.59. The van der Waals surface area contributed by atoms with Gasteiger partial charge in [0, 0.05) is 6.54 Å². The average Bonchev–Trinajstić information content (AvgIpc) is 3.30. The van der Waals surface area contributed by atoms with E-state index in [1.807, 2.05) is 0 Å². The summed E-state index contributed by atoms with van der Waals surface area (Å²) in [5.41, 5.74) is 6.09. The third-order valence-electron chi connectivity index (χ3n) is 7.97. The molecule has 0 aromatic heterocycles. The van der Waals surface area contributed by atoms with E-state index in [4.69, 9.17) is 15.0 Å². The fourth-order valence-corrected chi connectivity index (χ4v) is 5.91. The number of rotatable bonds is 5. The summed E-state index contributed by atoms with van der Waals surface area (Å²) < 4.78 is 12.7. The minimum Gasteiger partial charge on any atom is -0.404 e. The lowest BCUT2D eigenvalue weighted by molar-refractivity contribution is -0.150. The highest BCUT2D eigenvalue weighted by atomic mass is 16.7. The summed E-state index contributed by atoms with van der Waals surface area (Å²) in [4.78, 5) is 27.1. The van der Waals surface area contributed by atoms with Crippen LogP contribution in [0.3, 0.4) is 0 Å². The van der Waals surface area contributed by atoms with E-state index in [1.165, 1.54) is 6.42 Å². The molecule has 5 rings (SSSR count). The van der Waals surface area contributed by atoms with Crippen molar-refractivity contribution in [2.75, 3.05) is 6.54 Å². The quantitative estimate of drug-likeness (QED) is 0.674. The van der Waals surface area contributed by atoms with Crippen molar-refractivity contribution < 1.29 is 18.9 Å². The maximum atomic E-state index is 13.1. The summed E-state index contributed by atoms with van der Waals surface area (Å²) >= 11 is 0. The maximum Gasteiger partial charge on any atom is 0.481 e. The highest BCUT2D eigenvalue weighted by Gasteiger charge is 2.63. The lowest BCUT2D eigenvalue weighted by atomic mass is 9.47. The molecule has 3 N–H and O–H groups in total. The van der Waals surface area contributed by atoms with E-state index in [2.05, 4.69) is 33.0 Å². The molecule has 0 aromatic rings. The normalized spacial score (nSPS) is 37.1. The molecule has 162 valence electrons. The molecule has 3 aliphatic carbocycles. The Morgan fingerprint density at radius 3 is 2.55 bits per heavy atom. The van der Waals surface area contributed by atoms with Crippen molar-refractivity contribution in [3.05, 3.63) is 0 Å². The van der Waals surface area contributed by atoms with E-state index in [1.54, 1.807) is 11.8 Å². The summed E-state index contributed by atoms with van der Waals surface area (Å²) in [7, 11) is -0.428. The molecule has 0 radical (unpaired) electrons. The van der Waals surface area contributed by atoms with Gasteiger partial charge in [-0.3, -0.25) is 9.59 Å². The van der Waals surface area contributed by atoms with E-state index in [-0.39, 0.29) is 35.9 Å². The number of likely N-dealkylation sites (tertiary alicyclic amines) is 1. The first kappa shape index (κ1) is 21.1. The van der Waals surface area contributed by atoms with Crippen LogP contribution in [0.25, 0.3) is 0 Å². The van der Waals surface area contributed by atoms with Crippen LogP contribution >= 0.6 is 0 Å². The Bertz CT molecular complexity index is 670. The number of nitrogens with zero attached hydrogens (tertiary/aromatic N) is 1. The maximum absolute atomic E-state index is 13.1. The molecule has 29 heavy (non-hydrogen) atoms. The monoisotopic (exact) mass is 405 g/mol. The number of hydrogen-bond acceptors (Lipinski definition) is 5. The van der Waals surface area contributed by atoms with E-state index in [0.717, 1.165) is 12.8 Å². The van der Waals surface area contributed by atoms with Gasteiger partial charge in [-0.15, -0.1) is 0 Å². The van der Waals surface area contributed by atoms with Crippen LogP contribution in [-0.2, 0) is 18.9 Å². The first-order valence-corrected chi connectivity index (χ1v) is 11.3. The molecule has 0 spiro atoms. The van der Waals surface area contributed by atoms with Crippen molar-refractivity contribution in [3.8, 4) is 0 Å². The van der Waals surface area contributed by atoms with E-state index in [9.17, 15) is 9.59 Å².